The molecule has 0 atom stereocenters. The van der Waals surface area contributed by atoms with Crippen LogP contribution in [0.1, 0.15) is 16.3 Å². The van der Waals surface area contributed by atoms with Gasteiger partial charge >= 0.3 is 0 Å². The van der Waals surface area contributed by atoms with Crippen molar-refractivity contribution in [1.29, 1.82) is 0 Å². The summed E-state index contributed by atoms with van der Waals surface area (Å²) >= 11 is 5.91. The second-order valence-electron chi connectivity index (χ2n) is 7.68. The molecule has 0 N–H and O–H groups in total. The number of carbonyl (C=O) groups is 1. The number of rotatable bonds is 5. The Hall–Kier alpha value is -3.51. The van der Waals surface area contributed by atoms with E-state index < -0.39 is 0 Å². The first kappa shape index (κ1) is 20.4. The number of fused-ring (bicyclic) bond motifs is 1. The first-order chi connectivity index (χ1) is 15.7. The summed E-state index contributed by atoms with van der Waals surface area (Å²) in [5, 5.41) is 2.90. The van der Waals surface area contributed by atoms with Crippen LogP contribution in [0.15, 0.2) is 77.3 Å². The fourth-order valence-electron chi connectivity index (χ4n) is 3.83. The van der Waals surface area contributed by atoms with Crippen LogP contribution in [0.5, 0.6) is 5.75 Å². The predicted octanol–water partition coefficient (Wildman–Crippen LogP) is 5.02. The number of hydrogen-bond acceptors (Lipinski definition) is 5. The first-order valence-corrected chi connectivity index (χ1v) is 10.9. The van der Waals surface area contributed by atoms with Crippen molar-refractivity contribution in [3.63, 3.8) is 0 Å². The van der Waals surface area contributed by atoms with Crippen LogP contribution in [0.4, 0.5) is 5.82 Å². The Morgan fingerprint density at radius 2 is 1.78 bits per heavy atom. The lowest BCUT2D eigenvalue weighted by atomic mass is 10.1. The average molecular weight is 448 g/mol. The molecule has 0 saturated carbocycles. The molecule has 0 bridgehead atoms. The highest BCUT2D eigenvalue weighted by atomic mass is 35.5. The van der Waals surface area contributed by atoms with E-state index in [-0.39, 0.29) is 12.5 Å². The normalized spacial score (nSPS) is 14.0. The van der Waals surface area contributed by atoms with Gasteiger partial charge in [0.25, 0.3) is 5.91 Å². The molecule has 1 aliphatic rings. The van der Waals surface area contributed by atoms with Crippen molar-refractivity contribution >= 4 is 34.1 Å². The SMILES string of the molecule is O=C(c1ccc(COc2ccc3ccccc3c2)o1)N1CCN(c2ccc(Cl)cn2)CC1. The summed E-state index contributed by atoms with van der Waals surface area (Å²) in [5.74, 6) is 2.48. The van der Waals surface area contributed by atoms with Crippen LogP contribution in [0.2, 0.25) is 5.02 Å². The molecule has 0 aliphatic carbocycles. The maximum Gasteiger partial charge on any atom is 0.289 e. The number of aromatic nitrogens is 1. The van der Waals surface area contributed by atoms with Crippen LogP contribution >= 0.6 is 11.6 Å². The van der Waals surface area contributed by atoms with Crippen molar-refractivity contribution in [3.8, 4) is 5.75 Å². The number of nitrogens with zero attached hydrogens (tertiary/aromatic N) is 3. The van der Waals surface area contributed by atoms with Gasteiger partial charge in [-0.2, -0.15) is 0 Å². The quantitative estimate of drug-likeness (QED) is 0.430. The second kappa shape index (κ2) is 8.93. The number of benzene rings is 2. The lowest BCUT2D eigenvalue weighted by Gasteiger charge is -2.35. The van der Waals surface area contributed by atoms with Crippen LogP contribution in [-0.4, -0.2) is 42.0 Å². The van der Waals surface area contributed by atoms with Gasteiger partial charge in [0.1, 0.15) is 23.9 Å². The molecule has 1 amide bonds. The third-order valence-corrected chi connectivity index (χ3v) is 5.80. The summed E-state index contributed by atoms with van der Waals surface area (Å²) in [6.07, 6.45) is 1.64. The van der Waals surface area contributed by atoms with Crippen LogP contribution in [-0.2, 0) is 6.61 Å². The number of hydrogen-bond donors (Lipinski definition) is 0. The molecule has 2 aromatic heterocycles. The molecule has 6 nitrogen and oxygen atoms in total. The Labute approximate surface area is 191 Å². The highest BCUT2D eigenvalue weighted by Crippen LogP contribution is 2.22. The van der Waals surface area contributed by atoms with Crippen LogP contribution in [0, 0.1) is 0 Å². The van der Waals surface area contributed by atoms with E-state index >= 15 is 0 Å². The van der Waals surface area contributed by atoms with Gasteiger partial charge in [0, 0.05) is 32.4 Å². The van der Waals surface area contributed by atoms with Crippen LogP contribution in [0.3, 0.4) is 0 Å². The summed E-state index contributed by atoms with van der Waals surface area (Å²) < 4.78 is 11.6. The largest absolute Gasteiger partial charge is 0.486 e. The number of piperazine rings is 1. The third-order valence-electron chi connectivity index (χ3n) is 5.58. The molecule has 1 aliphatic heterocycles. The Morgan fingerprint density at radius 3 is 2.56 bits per heavy atom. The smallest absolute Gasteiger partial charge is 0.289 e. The van der Waals surface area contributed by atoms with Gasteiger partial charge in [-0.05, 0) is 47.2 Å². The molecule has 3 heterocycles. The zero-order chi connectivity index (χ0) is 21.9. The summed E-state index contributed by atoms with van der Waals surface area (Å²) in [5.41, 5.74) is 0. The Balaban J connectivity index is 1.17. The third kappa shape index (κ3) is 4.41. The standard InChI is InChI=1S/C25H22ClN3O3/c26-20-6-10-24(27-16-20)28-11-13-29(14-12-28)25(30)23-9-8-22(32-23)17-31-21-7-5-18-3-1-2-4-19(18)15-21/h1-10,15-16H,11-14,17H2. The number of ether oxygens (including phenoxy) is 1. The molecule has 162 valence electrons. The molecule has 0 unspecified atom stereocenters. The fraction of sp³-hybridized carbons (Fsp3) is 0.200. The minimum atomic E-state index is -0.106. The molecule has 5 rings (SSSR count). The predicted molar refractivity (Wildman–Crippen MR) is 124 cm³/mol. The Kier molecular flexibility index (Phi) is 5.69. The van der Waals surface area contributed by atoms with E-state index in [2.05, 4.69) is 22.0 Å². The second-order valence-corrected chi connectivity index (χ2v) is 8.11. The van der Waals surface area contributed by atoms with Gasteiger partial charge in [-0.1, -0.05) is 41.9 Å². The van der Waals surface area contributed by atoms with Crippen LogP contribution in [0.25, 0.3) is 10.8 Å². The summed E-state index contributed by atoms with van der Waals surface area (Å²) in [7, 11) is 0. The van der Waals surface area contributed by atoms with E-state index in [4.69, 9.17) is 20.8 Å². The lowest BCUT2D eigenvalue weighted by Crippen LogP contribution is -2.49. The highest BCUT2D eigenvalue weighted by molar-refractivity contribution is 6.30. The fourth-order valence-corrected chi connectivity index (χ4v) is 3.94. The van der Waals surface area contributed by atoms with Crippen molar-refractivity contribution in [2.75, 3.05) is 31.1 Å². The minimum absolute atomic E-state index is 0.106. The van der Waals surface area contributed by atoms with E-state index in [1.54, 1.807) is 23.2 Å². The number of furan rings is 1. The van der Waals surface area contributed by atoms with Gasteiger partial charge in [-0.3, -0.25) is 4.79 Å². The summed E-state index contributed by atoms with van der Waals surface area (Å²) in [4.78, 5) is 21.2. The monoisotopic (exact) mass is 447 g/mol. The van der Waals surface area contributed by atoms with Crippen molar-refractivity contribution in [3.05, 3.63) is 89.5 Å². The molecule has 4 aromatic rings. The van der Waals surface area contributed by atoms with Gasteiger partial charge in [0.15, 0.2) is 5.76 Å². The minimum Gasteiger partial charge on any atom is -0.486 e. The van der Waals surface area contributed by atoms with Crippen molar-refractivity contribution < 1.29 is 13.9 Å². The van der Waals surface area contributed by atoms with Crippen molar-refractivity contribution in [2.24, 2.45) is 0 Å². The van der Waals surface area contributed by atoms with Crippen molar-refractivity contribution in [2.45, 2.75) is 6.61 Å². The van der Waals surface area contributed by atoms with Crippen LogP contribution < -0.4 is 9.64 Å². The maximum absolute atomic E-state index is 12.9. The number of carbonyl (C=O) groups excluding carboxylic acids is 1. The number of amides is 1. The number of anilines is 1. The van der Waals surface area contributed by atoms with E-state index in [0.717, 1.165) is 22.3 Å². The van der Waals surface area contributed by atoms with Gasteiger partial charge < -0.3 is 19.0 Å². The lowest BCUT2D eigenvalue weighted by molar-refractivity contribution is 0.0710. The molecule has 0 radical (unpaired) electrons. The van der Waals surface area contributed by atoms with Gasteiger partial charge in [0.2, 0.25) is 0 Å². The first-order valence-electron chi connectivity index (χ1n) is 10.5. The van der Waals surface area contributed by atoms with Crippen molar-refractivity contribution in [1.82, 2.24) is 9.88 Å². The average Bonchev–Trinajstić information content (AvgIpc) is 3.32. The molecule has 1 fully saturated rings. The molecular formula is C25H22ClN3O3. The van der Waals surface area contributed by atoms with E-state index in [1.807, 2.05) is 42.5 Å². The Morgan fingerprint density at radius 1 is 0.969 bits per heavy atom. The van der Waals surface area contributed by atoms with Gasteiger partial charge in [-0.25, -0.2) is 4.98 Å². The highest BCUT2D eigenvalue weighted by Gasteiger charge is 2.25. The summed E-state index contributed by atoms with van der Waals surface area (Å²) in [6, 6.07) is 21.3. The van der Waals surface area contributed by atoms with E-state index in [1.165, 1.54) is 0 Å². The summed E-state index contributed by atoms with van der Waals surface area (Å²) in [6.45, 7) is 2.89. The molecular weight excluding hydrogens is 426 g/mol. The maximum atomic E-state index is 12.9. The molecule has 7 heteroatoms. The number of pyridine rings is 1. The van der Waals surface area contributed by atoms with E-state index in [0.29, 0.717) is 42.7 Å². The molecule has 1 saturated heterocycles. The van der Waals surface area contributed by atoms with Gasteiger partial charge in [-0.15, -0.1) is 0 Å². The van der Waals surface area contributed by atoms with Gasteiger partial charge in [0.05, 0.1) is 5.02 Å². The zero-order valence-corrected chi connectivity index (χ0v) is 18.2. The Bertz CT molecular complexity index is 1230. The molecule has 32 heavy (non-hydrogen) atoms. The zero-order valence-electron chi connectivity index (χ0n) is 17.4. The molecule has 0 spiro atoms. The number of halogens is 1. The van der Waals surface area contributed by atoms with E-state index in [9.17, 15) is 4.79 Å². The molecule has 2 aromatic carbocycles. The topological polar surface area (TPSA) is 58.8 Å².